The Labute approximate surface area is 245 Å². The van der Waals surface area contributed by atoms with Gasteiger partial charge in [0.15, 0.2) is 0 Å². The molecule has 0 aliphatic rings. The molecule has 0 fully saturated rings. The highest BCUT2D eigenvalue weighted by molar-refractivity contribution is 7.19. The number of aromatic nitrogens is 3. The molecule has 0 atom stereocenters. The minimum absolute atomic E-state index is 0.278. The zero-order valence-corrected chi connectivity index (χ0v) is 22.8. The average molecular weight is 571 g/mol. The van der Waals surface area contributed by atoms with E-state index in [4.69, 9.17) is 14.5 Å². The first-order chi connectivity index (χ1) is 20.7. The lowest BCUT2D eigenvalue weighted by Gasteiger charge is -2.23. The molecule has 9 heteroatoms. The maximum atomic E-state index is 11.2. The molecule has 0 unspecified atom stereocenters. The third-order valence-electron chi connectivity index (χ3n) is 6.31. The largest absolute Gasteiger partial charge is 0.429 e. The number of rotatable bonds is 10. The fraction of sp³-hybridized carbons (Fsp3) is 0. The van der Waals surface area contributed by atoms with Gasteiger partial charge in [-0.25, -0.2) is 4.98 Å². The number of ether oxygens (including phenoxy) is 2. The Morgan fingerprint density at radius 2 is 1.17 bits per heavy atom. The van der Waals surface area contributed by atoms with Crippen LogP contribution in [0, 0.1) is 0 Å². The summed E-state index contributed by atoms with van der Waals surface area (Å²) in [5, 5.41) is 1.06. The summed E-state index contributed by atoms with van der Waals surface area (Å²) < 4.78 is 10.1. The summed E-state index contributed by atoms with van der Waals surface area (Å²) in [5.74, 6) is 0.592. The number of thiophene rings is 1. The van der Waals surface area contributed by atoms with E-state index in [2.05, 4.69) is 51.3 Å². The summed E-state index contributed by atoms with van der Waals surface area (Å²) in [5.41, 5.74) is 5.02. The molecule has 0 radical (unpaired) electrons. The molecule has 42 heavy (non-hydrogen) atoms. The van der Waals surface area contributed by atoms with Crippen molar-refractivity contribution in [2.75, 3.05) is 4.90 Å². The van der Waals surface area contributed by atoms with E-state index < -0.39 is 0 Å². The van der Waals surface area contributed by atoms with Gasteiger partial charge >= 0.3 is 0 Å². The number of para-hydroxylation sites is 2. The van der Waals surface area contributed by atoms with E-state index in [1.54, 1.807) is 41.8 Å². The molecular formula is C33H22N4O4S. The first-order valence-electron chi connectivity index (χ1n) is 12.9. The molecule has 0 amide bonds. The summed E-state index contributed by atoms with van der Waals surface area (Å²) in [6.07, 6.45) is 3.23. The van der Waals surface area contributed by atoms with Crippen molar-refractivity contribution in [2.45, 2.75) is 0 Å². The molecule has 0 N–H and O–H groups in total. The van der Waals surface area contributed by atoms with Crippen LogP contribution >= 0.6 is 11.3 Å². The van der Waals surface area contributed by atoms with Crippen LogP contribution in [0.3, 0.4) is 0 Å². The van der Waals surface area contributed by atoms with Gasteiger partial charge in [0.1, 0.15) is 16.5 Å². The van der Waals surface area contributed by atoms with E-state index in [1.807, 2.05) is 48.5 Å². The molecular weight excluding hydrogens is 548 g/mol. The van der Waals surface area contributed by atoms with Crippen molar-refractivity contribution >= 4 is 40.7 Å². The zero-order valence-electron chi connectivity index (χ0n) is 22.0. The summed E-state index contributed by atoms with van der Waals surface area (Å²) in [4.78, 5) is 38.9. The lowest BCUT2D eigenvalue weighted by molar-refractivity contribution is -0.121. The maximum absolute atomic E-state index is 11.2. The van der Waals surface area contributed by atoms with Crippen LogP contribution in [0.1, 0.15) is 0 Å². The van der Waals surface area contributed by atoms with E-state index >= 15 is 0 Å². The second-order valence-corrected chi connectivity index (χ2v) is 10.0. The Balaban J connectivity index is 1.37. The lowest BCUT2D eigenvalue weighted by atomic mass is 10.1. The SMILES string of the molecule is O=COc1ccnc(-c2cc(OC=O)cc(-c3cc(-c4ccc(N(c5ccccc5)c5ccccc5)s4)ccn3)n2)c1. The number of carbonyl (C=O) groups is 2. The molecule has 4 heterocycles. The minimum atomic E-state index is 0.278. The Kier molecular flexibility index (Phi) is 7.74. The molecule has 0 aliphatic carbocycles. The van der Waals surface area contributed by atoms with Gasteiger partial charge in [-0.1, -0.05) is 36.4 Å². The van der Waals surface area contributed by atoms with Crippen molar-refractivity contribution in [1.82, 2.24) is 15.0 Å². The number of pyridine rings is 3. The molecule has 6 rings (SSSR count). The van der Waals surface area contributed by atoms with Gasteiger partial charge in [0.05, 0.1) is 22.8 Å². The third-order valence-corrected chi connectivity index (χ3v) is 7.43. The molecule has 204 valence electrons. The average Bonchev–Trinajstić information content (AvgIpc) is 3.52. The maximum Gasteiger partial charge on any atom is 0.298 e. The second-order valence-electron chi connectivity index (χ2n) is 8.95. The molecule has 0 saturated heterocycles. The number of hydrogen-bond donors (Lipinski definition) is 0. The second kappa shape index (κ2) is 12.2. The van der Waals surface area contributed by atoms with Crippen LogP contribution in [0.5, 0.6) is 11.5 Å². The number of benzene rings is 2. The normalized spacial score (nSPS) is 10.6. The van der Waals surface area contributed by atoms with E-state index in [0.717, 1.165) is 26.8 Å². The van der Waals surface area contributed by atoms with E-state index in [0.29, 0.717) is 41.5 Å². The van der Waals surface area contributed by atoms with Crippen molar-refractivity contribution in [3.63, 3.8) is 0 Å². The van der Waals surface area contributed by atoms with Gasteiger partial charge in [-0.15, -0.1) is 11.3 Å². The third kappa shape index (κ3) is 5.77. The molecule has 0 spiro atoms. The van der Waals surface area contributed by atoms with Crippen molar-refractivity contribution in [3.05, 3.63) is 122 Å². The quantitative estimate of drug-likeness (QED) is 0.157. The fourth-order valence-corrected chi connectivity index (χ4v) is 5.50. The van der Waals surface area contributed by atoms with Gasteiger partial charge in [-0.2, -0.15) is 0 Å². The van der Waals surface area contributed by atoms with Gasteiger partial charge in [-0.05, 0) is 60.2 Å². The molecule has 2 aromatic carbocycles. The van der Waals surface area contributed by atoms with Crippen LogP contribution < -0.4 is 14.4 Å². The predicted molar refractivity (Wildman–Crippen MR) is 162 cm³/mol. The predicted octanol–water partition coefficient (Wildman–Crippen LogP) is 7.47. The van der Waals surface area contributed by atoms with Crippen molar-refractivity contribution in [3.8, 4) is 44.7 Å². The highest BCUT2D eigenvalue weighted by atomic mass is 32.1. The van der Waals surface area contributed by atoms with Gasteiger partial charge in [-0.3, -0.25) is 19.6 Å². The number of nitrogens with zero attached hydrogens (tertiary/aromatic N) is 4. The van der Waals surface area contributed by atoms with Crippen LogP contribution in [-0.4, -0.2) is 27.9 Å². The van der Waals surface area contributed by atoms with Gasteiger partial charge in [0.2, 0.25) is 0 Å². The Bertz CT molecular complexity index is 1800. The monoisotopic (exact) mass is 570 g/mol. The Morgan fingerprint density at radius 3 is 1.81 bits per heavy atom. The molecule has 4 aromatic heterocycles. The summed E-state index contributed by atoms with van der Waals surface area (Å²) >= 11 is 1.66. The summed E-state index contributed by atoms with van der Waals surface area (Å²) in [6.45, 7) is 0.693. The minimum Gasteiger partial charge on any atom is -0.429 e. The van der Waals surface area contributed by atoms with Crippen LogP contribution in [0.2, 0.25) is 0 Å². The number of carbonyl (C=O) groups excluding carboxylic acids is 2. The molecule has 0 bridgehead atoms. The zero-order chi connectivity index (χ0) is 28.7. The highest BCUT2D eigenvalue weighted by Crippen LogP contribution is 2.42. The van der Waals surface area contributed by atoms with E-state index in [9.17, 15) is 9.59 Å². The van der Waals surface area contributed by atoms with E-state index in [-0.39, 0.29) is 5.75 Å². The summed E-state index contributed by atoms with van der Waals surface area (Å²) in [6, 6.07) is 34.9. The Hall–Kier alpha value is -5.67. The van der Waals surface area contributed by atoms with Gasteiger partial charge in [0, 0.05) is 46.8 Å². The van der Waals surface area contributed by atoms with Gasteiger partial charge in [0.25, 0.3) is 12.9 Å². The number of hydrogen-bond acceptors (Lipinski definition) is 9. The highest BCUT2D eigenvalue weighted by Gasteiger charge is 2.16. The molecule has 8 nitrogen and oxygen atoms in total. The Morgan fingerprint density at radius 1 is 0.595 bits per heavy atom. The standard InChI is InChI=1S/C33H22N4O4S/c38-21-40-26-14-16-35-29(18-26)31-20-27(41-22-39)19-30(36-31)28-17-23(13-15-34-28)32-11-12-33(42-32)37(24-7-3-1-4-8-24)25-9-5-2-6-10-25/h1-22H. The first kappa shape index (κ1) is 26.5. The van der Waals surface area contributed by atoms with E-state index in [1.165, 1.54) is 6.20 Å². The topological polar surface area (TPSA) is 94.5 Å². The lowest BCUT2D eigenvalue weighted by Crippen LogP contribution is -2.07. The van der Waals surface area contributed by atoms with Crippen molar-refractivity contribution in [2.24, 2.45) is 0 Å². The first-order valence-corrected chi connectivity index (χ1v) is 13.7. The van der Waals surface area contributed by atoms with Crippen molar-refractivity contribution < 1.29 is 19.1 Å². The van der Waals surface area contributed by atoms with Crippen molar-refractivity contribution in [1.29, 1.82) is 0 Å². The van der Waals surface area contributed by atoms with Crippen LogP contribution in [0.25, 0.3) is 33.2 Å². The summed E-state index contributed by atoms with van der Waals surface area (Å²) in [7, 11) is 0. The van der Waals surface area contributed by atoms with Crippen LogP contribution in [0.15, 0.2) is 122 Å². The smallest absolute Gasteiger partial charge is 0.298 e. The van der Waals surface area contributed by atoms with Crippen LogP contribution in [0.4, 0.5) is 16.4 Å². The van der Waals surface area contributed by atoms with Gasteiger partial charge < -0.3 is 14.4 Å². The fourth-order valence-electron chi connectivity index (χ4n) is 4.46. The molecule has 0 aliphatic heterocycles. The number of anilines is 3. The molecule has 6 aromatic rings. The molecule has 0 saturated carbocycles. The van der Waals surface area contributed by atoms with Crippen LogP contribution in [-0.2, 0) is 9.59 Å².